The second kappa shape index (κ2) is 16.3. The second-order valence-electron chi connectivity index (χ2n) is 16.7. The highest BCUT2D eigenvalue weighted by Gasteiger charge is 2.51. The van der Waals surface area contributed by atoms with Crippen LogP contribution in [0.2, 0.25) is 0 Å². The Hall–Kier alpha value is -5.81. The molecule has 5 heterocycles. The zero-order valence-corrected chi connectivity index (χ0v) is 34.7. The third-order valence-corrected chi connectivity index (χ3v) is 12.7. The lowest BCUT2D eigenvalue weighted by Gasteiger charge is -2.44. The number of hydrogen-bond acceptors (Lipinski definition) is 13. The molecule has 4 atom stereocenters. The number of phenolic OH excluding ortho intramolecular Hbond substituents is 1. The van der Waals surface area contributed by atoms with Gasteiger partial charge in [-0.15, -0.1) is 21.5 Å². The van der Waals surface area contributed by atoms with E-state index in [1.807, 2.05) is 57.2 Å². The first kappa shape index (κ1) is 41.0. The molecule has 5 aromatic rings. The van der Waals surface area contributed by atoms with Crippen molar-refractivity contribution in [3.05, 3.63) is 88.8 Å². The van der Waals surface area contributed by atoms with Crippen LogP contribution in [0.25, 0.3) is 21.7 Å². The number of aromatic nitrogens is 4. The lowest BCUT2D eigenvalue weighted by Crippen LogP contribution is -2.54. The minimum atomic E-state index is -1.26. The van der Waals surface area contributed by atoms with E-state index in [1.165, 1.54) is 4.90 Å². The van der Waals surface area contributed by atoms with Crippen molar-refractivity contribution in [1.82, 2.24) is 35.9 Å². The number of carbonyl (C=O) groups excluding carboxylic acids is 3. The first-order chi connectivity index (χ1) is 28.7. The average molecular weight is 831 g/mol. The van der Waals surface area contributed by atoms with Gasteiger partial charge in [0.25, 0.3) is 5.88 Å². The van der Waals surface area contributed by atoms with Crippen LogP contribution in [-0.2, 0) is 26.2 Å². The molecule has 3 aliphatic rings. The van der Waals surface area contributed by atoms with Crippen LogP contribution in [0.3, 0.4) is 0 Å². The summed E-state index contributed by atoms with van der Waals surface area (Å²) >= 11 is 1.55. The van der Waals surface area contributed by atoms with Crippen LogP contribution in [0.4, 0.5) is 5.82 Å². The van der Waals surface area contributed by atoms with Crippen molar-refractivity contribution < 1.29 is 33.9 Å². The molecule has 17 heteroatoms. The Balaban J connectivity index is 0.820. The Bertz CT molecular complexity index is 2400. The van der Waals surface area contributed by atoms with E-state index in [4.69, 9.17) is 17.1 Å². The molecular formula is C43H47BN8O7S. The van der Waals surface area contributed by atoms with Gasteiger partial charge < -0.3 is 40.3 Å². The standard InChI is InChI=1S/C43H47BN8O7S/c1-23(2)36(41(57)52-21-29(53)16-32(52)40(56)48-42(4,44)28-11-9-25(10-12-28)37-24(3)46-22-60-37)34-17-35(51-59-34)58-14-13-45-39(55)27-19-43(20-27)18-26-15-31(49-50-38(26)47-43)30-7-5-6-8-33(30)54/h5-12,15,17,22-23,27,29,32,36,53-54H,13-14,16,18-21H2,1-4H3,(H,45,55)(H,47,50)(H,48,56)/t27?,29-,32+,36?,42?,43?/m1/s1. The second-order valence-corrected chi connectivity index (χ2v) is 17.5. The smallest absolute Gasteiger partial charge is 0.254 e. The van der Waals surface area contributed by atoms with Gasteiger partial charge in [0.2, 0.25) is 17.7 Å². The monoisotopic (exact) mass is 830 g/mol. The molecule has 15 nitrogen and oxygen atoms in total. The highest BCUT2D eigenvalue weighted by atomic mass is 32.1. The van der Waals surface area contributed by atoms with Gasteiger partial charge in [-0.25, -0.2) is 4.98 Å². The molecule has 3 amide bonds. The molecule has 2 aromatic carbocycles. The Morgan fingerprint density at radius 2 is 1.88 bits per heavy atom. The largest absolute Gasteiger partial charge is 0.507 e. The number of aliphatic hydroxyl groups excluding tert-OH is 1. The SMILES string of the molecule is [B]C(C)(NC(=O)[C@@H]1C[C@@H](O)CN1C(=O)C(c1cc(OCCNC(=O)C2CC3(Cc4cc(-c5ccccc5O)nnc4N3)C2)no1)C(C)C)c1ccc(-c2scnc2C)cc1. The summed E-state index contributed by atoms with van der Waals surface area (Å²) in [6.07, 6.45) is 1.15. The van der Waals surface area contributed by atoms with Crippen molar-refractivity contribution in [2.75, 3.05) is 25.0 Å². The van der Waals surface area contributed by atoms with Crippen LogP contribution in [0, 0.1) is 18.8 Å². The van der Waals surface area contributed by atoms with Gasteiger partial charge >= 0.3 is 0 Å². The summed E-state index contributed by atoms with van der Waals surface area (Å²) in [6, 6.07) is 17.1. The maximum Gasteiger partial charge on any atom is 0.254 e. The van der Waals surface area contributed by atoms with E-state index in [-0.39, 0.29) is 72.7 Å². The summed E-state index contributed by atoms with van der Waals surface area (Å²) in [7, 11) is 6.64. The Morgan fingerprint density at radius 1 is 1.12 bits per heavy atom. The number of nitrogens with zero attached hydrogens (tertiary/aromatic N) is 5. The van der Waals surface area contributed by atoms with Crippen molar-refractivity contribution >= 4 is 42.7 Å². The number of aliphatic hydroxyl groups is 1. The lowest BCUT2D eigenvalue weighted by atomic mass is 9.66. The summed E-state index contributed by atoms with van der Waals surface area (Å²) in [5, 5.41) is 42.9. The first-order valence-electron chi connectivity index (χ1n) is 20.1. The van der Waals surface area contributed by atoms with Crippen molar-refractivity contribution in [1.29, 1.82) is 0 Å². The molecule has 2 radical (unpaired) electrons. The number of ether oxygens (including phenoxy) is 1. The van der Waals surface area contributed by atoms with E-state index in [1.54, 1.807) is 48.0 Å². The Kier molecular flexibility index (Phi) is 11.1. The molecule has 8 rings (SSSR count). The number of thiazole rings is 1. The number of fused-ring (bicyclic) bond motifs is 1. The molecule has 2 unspecified atom stereocenters. The van der Waals surface area contributed by atoms with Crippen molar-refractivity contribution in [3.63, 3.8) is 0 Å². The quantitative estimate of drug-likeness (QED) is 0.0826. The normalized spacial score (nSPS) is 22.1. The van der Waals surface area contributed by atoms with Crippen LogP contribution < -0.4 is 20.7 Å². The van der Waals surface area contributed by atoms with Crippen LogP contribution in [0.15, 0.2) is 70.7 Å². The average Bonchev–Trinajstić information content (AvgIpc) is 4.02. The number of amides is 3. The molecule has 5 N–H and O–H groups in total. The molecule has 2 aliphatic heterocycles. The van der Waals surface area contributed by atoms with Gasteiger partial charge in [-0.05, 0) is 73.5 Å². The predicted molar refractivity (Wildman–Crippen MR) is 224 cm³/mol. The fourth-order valence-electron chi connectivity index (χ4n) is 8.61. The number of aryl methyl sites for hydroxylation is 1. The lowest BCUT2D eigenvalue weighted by molar-refractivity contribution is -0.141. The van der Waals surface area contributed by atoms with Gasteiger partial charge in [-0.1, -0.05) is 50.2 Å². The van der Waals surface area contributed by atoms with Crippen LogP contribution in [0.5, 0.6) is 11.6 Å². The summed E-state index contributed by atoms with van der Waals surface area (Å²) in [5.41, 5.74) is 5.10. The Labute approximate surface area is 352 Å². The van der Waals surface area contributed by atoms with Crippen LogP contribution >= 0.6 is 11.3 Å². The van der Waals surface area contributed by atoms with Crippen molar-refractivity contribution in [2.24, 2.45) is 11.8 Å². The maximum absolute atomic E-state index is 14.1. The maximum atomic E-state index is 14.1. The summed E-state index contributed by atoms with van der Waals surface area (Å²) in [4.78, 5) is 47.7. The zero-order valence-electron chi connectivity index (χ0n) is 33.8. The number of carbonyl (C=O) groups is 3. The summed E-state index contributed by atoms with van der Waals surface area (Å²) < 4.78 is 11.4. The molecular weight excluding hydrogens is 783 g/mol. The van der Waals surface area contributed by atoms with E-state index in [0.717, 1.165) is 21.7 Å². The molecule has 1 spiro atoms. The topological polar surface area (TPSA) is 205 Å². The number of benzene rings is 2. The summed E-state index contributed by atoms with van der Waals surface area (Å²) in [5.74, 6) is -0.915. The number of phenols is 1. The molecule has 1 aliphatic carbocycles. The number of β-amino-alcohol motifs (C(OH)–C–C–N with tert-alkyl or cyclic N) is 1. The van der Waals surface area contributed by atoms with Gasteiger partial charge in [0, 0.05) is 47.1 Å². The van der Waals surface area contributed by atoms with Gasteiger partial charge in [-0.3, -0.25) is 14.4 Å². The first-order valence-corrected chi connectivity index (χ1v) is 21.0. The third kappa shape index (κ3) is 8.20. The summed E-state index contributed by atoms with van der Waals surface area (Å²) in [6.45, 7) is 7.70. The molecule has 310 valence electrons. The van der Waals surface area contributed by atoms with Crippen molar-refractivity contribution in [2.45, 2.75) is 82.4 Å². The fourth-order valence-corrected chi connectivity index (χ4v) is 9.42. The van der Waals surface area contributed by atoms with E-state index < -0.39 is 29.4 Å². The minimum Gasteiger partial charge on any atom is -0.507 e. The van der Waals surface area contributed by atoms with Gasteiger partial charge in [0.05, 0.1) is 34.4 Å². The van der Waals surface area contributed by atoms with E-state index >= 15 is 0 Å². The highest BCUT2D eigenvalue weighted by Crippen LogP contribution is 2.48. The molecule has 60 heavy (non-hydrogen) atoms. The van der Waals surface area contributed by atoms with E-state index in [0.29, 0.717) is 41.9 Å². The number of aromatic hydroxyl groups is 1. The zero-order chi connectivity index (χ0) is 42.3. The molecule has 1 saturated heterocycles. The Morgan fingerprint density at radius 3 is 2.60 bits per heavy atom. The molecule has 1 saturated carbocycles. The number of anilines is 1. The third-order valence-electron chi connectivity index (χ3n) is 11.7. The number of likely N-dealkylation sites (tertiary alicyclic amines) is 1. The highest BCUT2D eigenvalue weighted by molar-refractivity contribution is 7.13. The number of para-hydroxylation sites is 1. The predicted octanol–water partition coefficient (Wildman–Crippen LogP) is 4.44. The number of hydrogen-bond donors (Lipinski definition) is 5. The number of nitrogens with one attached hydrogen (secondary N) is 3. The van der Waals surface area contributed by atoms with Gasteiger partial charge in [-0.2, -0.15) is 0 Å². The molecule has 0 bridgehead atoms. The van der Waals surface area contributed by atoms with Gasteiger partial charge in [0.15, 0.2) is 11.6 Å². The number of rotatable bonds is 13. The van der Waals surface area contributed by atoms with Gasteiger partial charge in [0.1, 0.15) is 32.2 Å². The molecule has 2 fully saturated rings. The molecule has 3 aromatic heterocycles. The van der Waals surface area contributed by atoms with Crippen LogP contribution in [-0.4, -0.2) is 98.4 Å². The minimum absolute atomic E-state index is 0.0265. The fraction of sp³-hybridized carbons (Fsp3) is 0.419. The van der Waals surface area contributed by atoms with E-state index in [2.05, 4.69) is 36.3 Å². The van der Waals surface area contributed by atoms with Crippen molar-refractivity contribution in [3.8, 4) is 33.3 Å². The van der Waals surface area contributed by atoms with E-state index in [9.17, 15) is 24.6 Å². The van der Waals surface area contributed by atoms with Crippen LogP contribution in [0.1, 0.15) is 68.5 Å².